The van der Waals surface area contributed by atoms with Crippen LogP contribution in [0.2, 0.25) is 0 Å². The molecule has 0 amide bonds. The minimum Gasteiger partial charge on any atom is -0.329 e. The van der Waals surface area contributed by atoms with Gasteiger partial charge in [0.05, 0.1) is 5.75 Å². The van der Waals surface area contributed by atoms with Crippen molar-refractivity contribution in [2.45, 2.75) is 46.1 Å². The van der Waals surface area contributed by atoms with Gasteiger partial charge in [-0.15, -0.1) is 0 Å². The van der Waals surface area contributed by atoms with Crippen LogP contribution in [0.15, 0.2) is 0 Å². The Morgan fingerprint density at radius 3 is 2.59 bits per heavy atom. The van der Waals surface area contributed by atoms with E-state index in [9.17, 15) is 8.42 Å². The Morgan fingerprint density at radius 2 is 2.06 bits per heavy atom. The van der Waals surface area contributed by atoms with Gasteiger partial charge in [-0.25, -0.2) is 8.42 Å². The zero-order chi connectivity index (χ0) is 13.1. The Bertz CT molecular complexity index is 327. The summed E-state index contributed by atoms with van der Waals surface area (Å²) in [5.74, 6) is 1.05. The van der Waals surface area contributed by atoms with Gasteiger partial charge in [-0.1, -0.05) is 20.8 Å². The van der Waals surface area contributed by atoms with Crippen molar-refractivity contribution in [3.63, 3.8) is 0 Å². The lowest BCUT2D eigenvalue weighted by Gasteiger charge is -2.38. The van der Waals surface area contributed by atoms with Crippen molar-refractivity contribution in [3.05, 3.63) is 0 Å². The van der Waals surface area contributed by atoms with E-state index in [1.165, 1.54) is 0 Å². The fourth-order valence-electron chi connectivity index (χ4n) is 2.41. The van der Waals surface area contributed by atoms with Crippen LogP contribution in [0.25, 0.3) is 0 Å². The van der Waals surface area contributed by atoms with Crippen LogP contribution in [0.4, 0.5) is 0 Å². The number of hydrogen-bond acceptors (Lipinski definition) is 3. The van der Waals surface area contributed by atoms with E-state index in [4.69, 9.17) is 5.73 Å². The van der Waals surface area contributed by atoms with Crippen molar-refractivity contribution in [1.29, 1.82) is 0 Å². The van der Waals surface area contributed by atoms with Gasteiger partial charge in [0.25, 0.3) is 0 Å². The third-order valence-electron chi connectivity index (χ3n) is 3.62. The Kier molecular flexibility index (Phi) is 5.41. The molecule has 0 spiro atoms. The molecular formula is C12H26N2O2S. The molecule has 102 valence electrons. The summed E-state index contributed by atoms with van der Waals surface area (Å²) in [5, 5.41) is 0. The highest BCUT2D eigenvalue weighted by molar-refractivity contribution is 7.89. The van der Waals surface area contributed by atoms with Gasteiger partial charge in [0.15, 0.2) is 0 Å². The third-order valence-corrected chi connectivity index (χ3v) is 5.54. The van der Waals surface area contributed by atoms with Crippen LogP contribution in [0.1, 0.15) is 40.0 Å². The third kappa shape index (κ3) is 3.93. The average Bonchev–Trinajstić information content (AvgIpc) is 2.26. The maximum absolute atomic E-state index is 12.3. The predicted molar refractivity (Wildman–Crippen MR) is 71.2 cm³/mol. The lowest BCUT2D eigenvalue weighted by Crippen LogP contribution is -2.51. The van der Waals surface area contributed by atoms with Gasteiger partial charge < -0.3 is 5.73 Å². The number of nitrogens with two attached hydrogens (primary N) is 1. The molecule has 1 heterocycles. The second-order valence-electron chi connectivity index (χ2n) is 5.53. The van der Waals surface area contributed by atoms with Crippen LogP contribution >= 0.6 is 0 Å². The van der Waals surface area contributed by atoms with E-state index < -0.39 is 10.0 Å². The topological polar surface area (TPSA) is 63.4 Å². The van der Waals surface area contributed by atoms with Gasteiger partial charge in [0.1, 0.15) is 0 Å². The molecule has 1 rings (SSSR count). The largest absolute Gasteiger partial charge is 0.329 e. The molecule has 0 aromatic carbocycles. The minimum absolute atomic E-state index is 0.000845. The monoisotopic (exact) mass is 262 g/mol. The van der Waals surface area contributed by atoms with E-state index in [0.717, 1.165) is 19.3 Å². The summed E-state index contributed by atoms with van der Waals surface area (Å²) in [4.78, 5) is 0. The summed E-state index contributed by atoms with van der Waals surface area (Å²) in [7, 11) is -3.12. The van der Waals surface area contributed by atoms with E-state index in [1.54, 1.807) is 4.31 Å². The molecule has 1 aliphatic rings. The van der Waals surface area contributed by atoms with Crippen molar-refractivity contribution < 1.29 is 8.42 Å². The van der Waals surface area contributed by atoms with E-state index >= 15 is 0 Å². The second-order valence-corrected chi connectivity index (χ2v) is 7.57. The first kappa shape index (κ1) is 14.9. The normalized spacial score (nSPS) is 27.6. The summed E-state index contributed by atoms with van der Waals surface area (Å²) in [6.45, 7) is 7.28. The number of rotatable bonds is 5. The molecule has 1 saturated heterocycles. The van der Waals surface area contributed by atoms with E-state index in [-0.39, 0.29) is 11.8 Å². The van der Waals surface area contributed by atoms with Gasteiger partial charge >= 0.3 is 0 Å². The summed E-state index contributed by atoms with van der Waals surface area (Å²) < 4.78 is 26.2. The van der Waals surface area contributed by atoms with Crippen molar-refractivity contribution >= 4 is 10.0 Å². The maximum atomic E-state index is 12.3. The van der Waals surface area contributed by atoms with E-state index in [2.05, 4.69) is 20.8 Å². The molecule has 17 heavy (non-hydrogen) atoms. The van der Waals surface area contributed by atoms with Gasteiger partial charge in [-0.3, -0.25) is 0 Å². The molecule has 2 unspecified atom stereocenters. The molecule has 0 saturated carbocycles. The SMILES string of the molecule is CC(C)CCS(=O)(=O)N1CCCC(C)C1CN. The number of hydrogen-bond donors (Lipinski definition) is 1. The number of piperidine rings is 1. The lowest BCUT2D eigenvalue weighted by atomic mass is 9.93. The molecule has 0 radical (unpaired) electrons. The Hall–Kier alpha value is -0.130. The molecule has 2 atom stereocenters. The molecule has 5 heteroatoms. The Labute approximate surface area is 106 Å². The standard InChI is InChI=1S/C12H26N2O2S/c1-10(2)6-8-17(15,16)14-7-4-5-11(3)12(14)9-13/h10-12H,4-9,13H2,1-3H3. The molecule has 2 N–H and O–H groups in total. The van der Waals surface area contributed by atoms with Crippen LogP contribution in [0.5, 0.6) is 0 Å². The van der Waals surface area contributed by atoms with E-state index in [0.29, 0.717) is 24.9 Å². The first-order valence-corrected chi connectivity index (χ1v) is 8.19. The molecule has 4 nitrogen and oxygen atoms in total. The summed E-state index contributed by atoms with van der Waals surface area (Å²) in [6.07, 6.45) is 2.77. The van der Waals surface area contributed by atoms with Crippen molar-refractivity contribution in [1.82, 2.24) is 4.31 Å². The number of nitrogens with zero attached hydrogens (tertiary/aromatic N) is 1. The number of sulfonamides is 1. The second kappa shape index (κ2) is 6.16. The first-order valence-electron chi connectivity index (χ1n) is 6.58. The van der Waals surface area contributed by atoms with Crippen LogP contribution in [-0.2, 0) is 10.0 Å². The van der Waals surface area contributed by atoms with Crippen LogP contribution in [-0.4, -0.2) is 37.6 Å². The van der Waals surface area contributed by atoms with E-state index in [1.807, 2.05) is 0 Å². The Balaban J connectivity index is 2.74. The summed E-state index contributed by atoms with van der Waals surface area (Å²) in [5.41, 5.74) is 5.73. The van der Waals surface area contributed by atoms with Crippen LogP contribution in [0, 0.1) is 11.8 Å². The average molecular weight is 262 g/mol. The molecule has 0 bridgehead atoms. The van der Waals surface area contributed by atoms with Crippen molar-refractivity contribution in [3.8, 4) is 0 Å². The van der Waals surface area contributed by atoms with Crippen LogP contribution in [0.3, 0.4) is 0 Å². The van der Waals surface area contributed by atoms with Crippen molar-refractivity contribution in [2.24, 2.45) is 17.6 Å². The molecular weight excluding hydrogens is 236 g/mol. The van der Waals surface area contributed by atoms with Crippen molar-refractivity contribution in [2.75, 3.05) is 18.8 Å². The zero-order valence-corrected chi connectivity index (χ0v) is 12.0. The highest BCUT2D eigenvalue weighted by atomic mass is 32.2. The maximum Gasteiger partial charge on any atom is 0.214 e. The van der Waals surface area contributed by atoms with Gasteiger partial charge in [0, 0.05) is 19.1 Å². The molecule has 1 fully saturated rings. The smallest absolute Gasteiger partial charge is 0.214 e. The zero-order valence-electron chi connectivity index (χ0n) is 11.2. The van der Waals surface area contributed by atoms with Gasteiger partial charge in [-0.05, 0) is 31.1 Å². The molecule has 0 aromatic rings. The quantitative estimate of drug-likeness (QED) is 0.815. The van der Waals surface area contributed by atoms with Gasteiger partial charge in [-0.2, -0.15) is 4.31 Å². The van der Waals surface area contributed by atoms with Crippen LogP contribution < -0.4 is 5.73 Å². The fraction of sp³-hybridized carbons (Fsp3) is 1.00. The van der Waals surface area contributed by atoms with Gasteiger partial charge in [0.2, 0.25) is 10.0 Å². The minimum atomic E-state index is -3.12. The highest BCUT2D eigenvalue weighted by Gasteiger charge is 2.34. The molecule has 0 aliphatic carbocycles. The predicted octanol–water partition coefficient (Wildman–Crippen LogP) is 1.42. The molecule has 1 aliphatic heterocycles. The molecule has 0 aromatic heterocycles. The summed E-state index contributed by atoms with van der Waals surface area (Å²) in [6, 6.07) is 0.000845. The summed E-state index contributed by atoms with van der Waals surface area (Å²) >= 11 is 0. The first-order chi connectivity index (χ1) is 7.88. The Morgan fingerprint density at radius 1 is 1.41 bits per heavy atom. The highest BCUT2D eigenvalue weighted by Crippen LogP contribution is 2.25. The fourth-order valence-corrected chi connectivity index (χ4v) is 4.53. The lowest BCUT2D eigenvalue weighted by molar-refractivity contribution is 0.192.